The Morgan fingerprint density at radius 1 is 1.25 bits per heavy atom. The van der Waals surface area contributed by atoms with Gasteiger partial charge >= 0.3 is 5.97 Å². The van der Waals surface area contributed by atoms with E-state index in [2.05, 4.69) is 5.32 Å². The number of hydrogen-bond acceptors (Lipinski definition) is 3. The molecule has 1 aliphatic rings. The van der Waals surface area contributed by atoms with Crippen LogP contribution in [0, 0.1) is 5.92 Å². The molecule has 1 aromatic rings. The molecule has 6 heteroatoms. The van der Waals surface area contributed by atoms with Crippen molar-refractivity contribution < 1.29 is 14.3 Å². The molecule has 0 aliphatic heterocycles. The van der Waals surface area contributed by atoms with Crippen molar-refractivity contribution >= 4 is 40.8 Å². The first kappa shape index (κ1) is 15.1. The summed E-state index contributed by atoms with van der Waals surface area (Å²) < 4.78 is 5.13. The molecule has 0 spiro atoms. The molecule has 0 unspecified atom stereocenters. The van der Waals surface area contributed by atoms with Crippen molar-refractivity contribution in [3.05, 3.63) is 28.2 Å². The predicted octanol–water partition coefficient (Wildman–Crippen LogP) is 3.66. The lowest BCUT2D eigenvalue weighted by Gasteiger charge is -2.24. The highest BCUT2D eigenvalue weighted by Crippen LogP contribution is 2.28. The summed E-state index contributed by atoms with van der Waals surface area (Å²) in [6.07, 6.45) is 1.89. The SMILES string of the molecule is C[C@H](OC(=O)C1CCC1)C(=O)Nc1cc(Cl)cc(Cl)c1. The summed E-state index contributed by atoms with van der Waals surface area (Å²) in [5.41, 5.74) is 0.471. The van der Waals surface area contributed by atoms with E-state index in [1.807, 2.05) is 0 Å². The maximum absolute atomic E-state index is 11.9. The van der Waals surface area contributed by atoms with Gasteiger partial charge in [-0.05, 0) is 38.0 Å². The van der Waals surface area contributed by atoms with Crippen LogP contribution >= 0.6 is 23.2 Å². The molecule has 20 heavy (non-hydrogen) atoms. The van der Waals surface area contributed by atoms with E-state index in [4.69, 9.17) is 27.9 Å². The van der Waals surface area contributed by atoms with Gasteiger partial charge in [0.25, 0.3) is 5.91 Å². The van der Waals surface area contributed by atoms with Gasteiger partial charge in [0.2, 0.25) is 0 Å². The fourth-order valence-electron chi connectivity index (χ4n) is 1.84. The molecule has 1 aromatic carbocycles. The van der Waals surface area contributed by atoms with Crippen molar-refractivity contribution in [2.75, 3.05) is 5.32 Å². The Morgan fingerprint density at radius 2 is 1.85 bits per heavy atom. The van der Waals surface area contributed by atoms with E-state index >= 15 is 0 Å². The number of hydrogen-bond donors (Lipinski definition) is 1. The number of benzene rings is 1. The van der Waals surface area contributed by atoms with Crippen molar-refractivity contribution in [2.45, 2.75) is 32.3 Å². The fraction of sp³-hybridized carbons (Fsp3) is 0.429. The van der Waals surface area contributed by atoms with E-state index in [0.717, 1.165) is 19.3 Å². The van der Waals surface area contributed by atoms with Gasteiger partial charge in [-0.25, -0.2) is 0 Å². The lowest BCUT2D eigenvalue weighted by atomic mass is 9.86. The second-order valence-electron chi connectivity index (χ2n) is 4.85. The molecule has 1 saturated carbocycles. The third-order valence-corrected chi connectivity index (χ3v) is 3.67. The van der Waals surface area contributed by atoms with Crippen LogP contribution in [-0.2, 0) is 14.3 Å². The van der Waals surface area contributed by atoms with Gasteiger partial charge in [0.1, 0.15) is 0 Å². The van der Waals surface area contributed by atoms with E-state index in [0.29, 0.717) is 15.7 Å². The van der Waals surface area contributed by atoms with E-state index in [-0.39, 0.29) is 11.9 Å². The average Bonchev–Trinajstić information content (AvgIpc) is 2.24. The van der Waals surface area contributed by atoms with Gasteiger partial charge in [-0.15, -0.1) is 0 Å². The Kier molecular flexibility index (Phi) is 4.89. The number of nitrogens with one attached hydrogen (secondary N) is 1. The van der Waals surface area contributed by atoms with Gasteiger partial charge in [-0.1, -0.05) is 29.6 Å². The quantitative estimate of drug-likeness (QED) is 0.862. The summed E-state index contributed by atoms with van der Waals surface area (Å²) in [7, 11) is 0. The molecule has 4 nitrogen and oxygen atoms in total. The largest absolute Gasteiger partial charge is 0.452 e. The molecule has 0 aromatic heterocycles. The Bertz CT molecular complexity index is 509. The van der Waals surface area contributed by atoms with E-state index in [9.17, 15) is 9.59 Å². The lowest BCUT2D eigenvalue weighted by molar-refractivity contribution is -0.159. The van der Waals surface area contributed by atoms with Gasteiger partial charge in [0, 0.05) is 15.7 Å². The van der Waals surface area contributed by atoms with Crippen LogP contribution in [0.2, 0.25) is 10.0 Å². The topological polar surface area (TPSA) is 55.4 Å². The summed E-state index contributed by atoms with van der Waals surface area (Å²) in [5, 5.41) is 3.46. The fourth-order valence-corrected chi connectivity index (χ4v) is 2.36. The smallest absolute Gasteiger partial charge is 0.309 e. The number of esters is 1. The average molecular weight is 316 g/mol. The highest BCUT2D eigenvalue weighted by atomic mass is 35.5. The van der Waals surface area contributed by atoms with Crippen LogP contribution in [0.1, 0.15) is 26.2 Å². The zero-order valence-corrected chi connectivity index (χ0v) is 12.5. The van der Waals surface area contributed by atoms with Gasteiger partial charge in [-0.3, -0.25) is 9.59 Å². The molecule has 0 heterocycles. The van der Waals surface area contributed by atoms with Crippen LogP contribution in [0.15, 0.2) is 18.2 Å². The molecule has 0 bridgehead atoms. The van der Waals surface area contributed by atoms with Gasteiger partial charge < -0.3 is 10.1 Å². The molecule has 1 atom stereocenters. The number of amides is 1. The Morgan fingerprint density at radius 3 is 2.35 bits per heavy atom. The van der Waals surface area contributed by atoms with Crippen molar-refractivity contribution in [1.29, 1.82) is 0 Å². The van der Waals surface area contributed by atoms with Gasteiger partial charge in [0.05, 0.1) is 5.92 Å². The summed E-state index contributed by atoms with van der Waals surface area (Å²) >= 11 is 11.7. The van der Waals surface area contributed by atoms with E-state index in [1.54, 1.807) is 18.2 Å². The van der Waals surface area contributed by atoms with Crippen LogP contribution in [0.25, 0.3) is 0 Å². The minimum absolute atomic E-state index is 0.0501. The normalized spacial score (nSPS) is 16.1. The molecule has 1 fully saturated rings. The lowest BCUT2D eigenvalue weighted by Crippen LogP contribution is -2.34. The number of halogens is 2. The number of ether oxygens (including phenoxy) is 1. The molecular formula is C14H15Cl2NO3. The Balaban J connectivity index is 1.91. The highest BCUT2D eigenvalue weighted by Gasteiger charge is 2.29. The number of rotatable bonds is 4. The first-order chi connectivity index (χ1) is 9.45. The molecule has 0 saturated heterocycles. The van der Waals surface area contributed by atoms with Crippen LogP contribution in [-0.4, -0.2) is 18.0 Å². The Hall–Kier alpha value is -1.26. The van der Waals surface area contributed by atoms with Crippen molar-refractivity contribution in [3.63, 3.8) is 0 Å². The third-order valence-electron chi connectivity index (χ3n) is 3.23. The molecule has 1 aliphatic carbocycles. The van der Waals surface area contributed by atoms with Gasteiger partial charge in [0.15, 0.2) is 6.10 Å². The van der Waals surface area contributed by atoms with Crippen LogP contribution in [0.5, 0.6) is 0 Å². The minimum Gasteiger partial charge on any atom is -0.452 e. The van der Waals surface area contributed by atoms with Crippen molar-refractivity contribution in [1.82, 2.24) is 0 Å². The number of carbonyl (C=O) groups excluding carboxylic acids is 2. The molecule has 1 amide bonds. The van der Waals surface area contributed by atoms with E-state index < -0.39 is 12.0 Å². The molecular weight excluding hydrogens is 301 g/mol. The van der Waals surface area contributed by atoms with Gasteiger partial charge in [-0.2, -0.15) is 0 Å². The summed E-state index contributed by atoms with van der Waals surface area (Å²) in [4.78, 5) is 23.6. The second-order valence-corrected chi connectivity index (χ2v) is 5.73. The highest BCUT2D eigenvalue weighted by molar-refractivity contribution is 6.35. The maximum Gasteiger partial charge on any atom is 0.309 e. The second kappa shape index (κ2) is 6.46. The van der Waals surface area contributed by atoms with Crippen molar-refractivity contribution in [2.24, 2.45) is 5.92 Å². The van der Waals surface area contributed by atoms with Crippen LogP contribution in [0.3, 0.4) is 0 Å². The summed E-state index contributed by atoms with van der Waals surface area (Å²) in [6.45, 7) is 1.54. The van der Waals surface area contributed by atoms with Crippen LogP contribution in [0.4, 0.5) is 5.69 Å². The zero-order valence-electron chi connectivity index (χ0n) is 11.0. The summed E-state index contributed by atoms with van der Waals surface area (Å²) in [6, 6.07) is 4.72. The first-order valence-electron chi connectivity index (χ1n) is 6.43. The van der Waals surface area contributed by atoms with E-state index in [1.165, 1.54) is 6.92 Å². The number of carbonyl (C=O) groups is 2. The summed E-state index contributed by atoms with van der Waals surface area (Å²) in [5.74, 6) is -0.759. The maximum atomic E-state index is 11.9. The molecule has 0 radical (unpaired) electrons. The predicted molar refractivity (Wildman–Crippen MR) is 78.0 cm³/mol. The van der Waals surface area contributed by atoms with Crippen LogP contribution < -0.4 is 5.32 Å². The number of anilines is 1. The standard InChI is InChI=1S/C14H15Cl2NO3/c1-8(20-14(19)9-3-2-4-9)13(18)17-12-6-10(15)5-11(16)7-12/h5-9H,2-4H2,1H3,(H,17,18)/t8-/m0/s1. The Labute approximate surface area is 127 Å². The minimum atomic E-state index is -0.846. The molecule has 108 valence electrons. The molecule has 1 N–H and O–H groups in total. The monoisotopic (exact) mass is 315 g/mol. The van der Waals surface area contributed by atoms with Crippen molar-refractivity contribution in [3.8, 4) is 0 Å². The molecule has 2 rings (SSSR count). The third kappa shape index (κ3) is 3.87. The zero-order chi connectivity index (χ0) is 14.7. The first-order valence-corrected chi connectivity index (χ1v) is 7.19.